The highest BCUT2D eigenvalue weighted by Crippen LogP contribution is 2.45. The Bertz CT molecular complexity index is 824. The van der Waals surface area contributed by atoms with Crippen molar-refractivity contribution in [3.63, 3.8) is 0 Å². The first-order chi connectivity index (χ1) is 13.6. The number of hydrogen-bond acceptors (Lipinski definition) is 2. The lowest BCUT2D eigenvalue weighted by atomic mass is 9.64. The number of ether oxygens (including phenoxy) is 1. The summed E-state index contributed by atoms with van der Waals surface area (Å²) in [6.45, 7) is 12.0. The lowest BCUT2D eigenvalue weighted by molar-refractivity contribution is 0.0969. The molecule has 0 bridgehead atoms. The van der Waals surface area contributed by atoms with E-state index in [-0.39, 0.29) is 16.9 Å². The molecule has 1 N–H and O–H groups in total. The third-order valence-corrected chi connectivity index (χ3v) is 6.48. The van der Waals surface area contributed by atoms with Crippen LogP contribution in [0.15, 0.2) is 54.6 Å². The van der Waals surface area contributed by atoms with E-state index >= 15 is 0 Å². The lowest BCUT2D eigenvalue weighted by Crippen LogP contribution is -2.41. The van der Waals surface area contributed by atoms with Crippen LogP contribution in [0.25, 0.3) is 0 Å². The second-order valence-electron chi connectivity index (χ2n) is 10.3. The first-order valence-electron chi connectivity index (χ1n) is 10.7. The summed E-state index contributed by atoms with van der Waals surface area (Å²) in [4.78, 5) is 12.3. The average molecular weight is 394 g/mol. The number of amides is 1. The van der Waals surface area contributed by atoms with Crippen molar-refractivity contribution < 1.29 is 9.53 Å². The second kappa shape index (κ2) is 8.22. The van der Waals surface area contributed by atoms with Gasteiger partial charge in [0, 0.05) is 12.0 Å². The van der Waals surface area contributed by atoms with Crippen LogP contribution < -0.4 is 10.1 Å². The minimum absolute atomic E-state index is 0.107. The number of hydrogen-bond donors (Lipinski definition) is 1. The Labute approximate surface area is 175 Å². The van der Waals surface area contributed by atoms with Crippen molar-refractivity contribution in [3.05, 3.63) is 65.7 Å². The third-order valence-electron chi connectivity index (χ3n) is 6.48. The zero-order chi connectivity index (χ0) is 21.1. The maximum atomic E-state index is 12.3. The predicted molar refractivity (Wildman–Crippen MR) is 119 cm³/mol. The SMILES string of the molecule is CC1(C)CCCC(C)(CNC(=O)Oc2ccc(C(C)(C)c3ccccc3)cc2)C1. The Kier molecular flexibility index (Phi) is 6.07. The van der Waals surface area contributed by atoms with Gasteiger partial charge in [-0.3, -0.25) is 0 Å². The van der Waals surface area contributed by atoms with Crippen molar-refractivity contribution in [2.45, 2.75) is 65.7 Å². The summed E-state index contributed by atoms with van der Waals surface area (Å²) in [6, 6.07) is 18.3. The molecule has 3 heteroatoms. The fourth-order valence-corrected chi connectivity index (χ4v) is 4.87. The molecule has 0 heterocycles. The van der Waals surface area contributed by atoms with Crippen molar-refractivity contribution in [1.29, 1.82) is 0 Å². The van der Waals surface area contributed by atoms with Crippen LogP contribution in [-0.2, 0) is 5.41 Å². The molecule has 0 aromatic heterocycles. The quantitative estimate of drug-likeness (QED) is 0.613. The van der Waals surface area contributed by atoms with Gasteiger partial charge in [0.05, 0.1) is 0 Å². The van der Waals surface area contributed by atoms with Crippen LogP contribution in [0.2, 0.25) is 0 Å². The normalized spacial score (nSPS) is 21.4. The second-order valence-corrected chi connectivity index (χ2v) is 10.3. The molecule has 1 aliphatic rings. The maximum Gasteiger partial charge on any atom is 0.412 e. The van der Waals surface area contributed by atoms with Gasteiger partial charge in [0.25, 0.3) is 0 Å². The third kappa shape index (κ3) is 5.41. The van der Waals surface area contributed by atoms with E-state index in [0.717, 1.165) is 12.8 Å². The average Bonchev–Trinajstić information content (AvgIpc) is 2.67. The van der Waals surface area contributed by atoms with Gasteiger partial charge in [-0.05, 0) is 53.4 Å². The molecular weight excluding hydrogens is 358 g/mol. The number of carbonyl (C=O) groups excluding carboxylic acids is 1. The number of carbonyl (C=O) groups is 1. The molecule has 1 amide bonds. The minimum Gasteiger partial charge on any atom is -0.410 e. The lowest BCUT2D eigenvalue weighted by Gasteiger charge is -2.42. The van der Waals surface area contributed by atoms with Crippen LogP contribution in [0.3, 0.4) is 0 Å². The fourth-order valence-electron chi connectivity index (χ4n) is 4.87. The Morgan fingerprint density at radius 3 is 2.21 bits per heavy atom. The van der Waals surface area contributed by atoms with E-state index in [1.165, 1.54) is 24.0 Å². The van der Waals surface area contributed by atoms with E-state index in [4.69, 9.17) is 4.74 Å². The molecule has 156 valence electrons. The summed E-state index contributed by atoms with van der Waals surface area (Å²) < 4.78 is 5.53. The Balaban J connectivity index is 1.58. The van der Waals surface area contributed by atoms with E-state index in [1.807, 2.05) is 30.3 Å². The van der Waals surface area contributed by atoms with Crippen molar-refractivity contribution in [1.82, 2.24) is 5.32 Å². The molecular formula is C26H35NO2. The van der Waals surface area contributed by atoms with Crippen molar-refractivity contribution in [3.8, 4) is 5.75 Å². The summed E-state index contributed by atoms with van der Waals surface area (Å²) in [5, 5.41) is 2.99. The first-order valence-corrected chi connectivity index (χ1v) is 10.7. The van der Waals surface area contributed by atoms with Gasteiger partial charge in [-0.2, -0.15) is 0 Å². The van der Waals surface area contributed by atoms with Gasteiger partial charge in [-0.25, -0.2) is 4.79 Å². The number of rotatable bonds is 5. The monoisotopic (exact) mass is 393 g/mol. The molecule has 3 nitrogen and oxygen atoms in total. The summed E-state index contributed by atoms with van der Waals surface area (Å²) in [5.74, 6) is 0.573. The standard InChI is InChI=1S/C26H35NO2/c1-24(2)16-9-17-26(5,18-24)19-27-23(28)29-22-14-12-21(13-15-22)25(3,4)20-10-7-6-8-11-20/h6-8,10-15H,9,16-19H2,1-5H3,(H,27,28). The molecule has 0 aliphatic heterocycles. The van der Waals surface area contributed by atoms with Crippen molar-refractivity contribution in [2.75, 3.05) is 6.54 Å². The van der Waals surface area contributed by atoms with Crippen LogP contribution in [0.1, 0.15) is 71.4 Å². The van der Waals surface area contributed by atoms with Crippen LogP contribution >= 0.6 is 0 Å². The molecule has 2 aromatic carbocycles. The highest BCUT2D eigenvalue weighted by Gasteiger charge is 2.36. The van der Waals surface area contributed by atoms with E-state index in [0.29, 0.717) is 17.7 Å². The zero-order valence-electron chi connectivity index (χ0n) is 18.5. The summed E-state index contributed by atoms with van der Waals surface area (Å²) in [7, 11) is 0. The minimum atomic E-state index is -0.371. The van der Waals surface area contributed by atoms with Crippen molar-refractivity contribution in [2.24, 2.45) is 10.8 Å². The van der Waals surface area contributed by atoms with Crippen LogP contribution in [0.5, 0.6) is 5.75 Å². The van der Waals surface area contributed by atoms with E-state index < -0.39 is 0 Å². The molecule has 0 saturated heterocycles. The van der Waals surface area contributed by atoms with Gasteiger partial charge in [0.1, 0.15) is 5.75 Å². The van der Waals surface area contributed by atoms with Crippen LogP contribution in [0.4, 0.5) is 4.79 Å². The maximum absolute atomic E-state index is 12.3. The van der Waals surface area contributed by atoms with Gasteiger partial charge < -0.3 is 10.1 Å². The van der Waals surface area contributed by atoms with Gasteiger partial charge in [-0.1, -0.05) is 83.5 Å². The largest absolute Gasteiger partial charge is 0.412 e. The molecule has 1 unspecified atom stereocenters. The van der Waals surface area contributed by atoms with E-state index in [2.05, 4.69) is 64.2 Å². The van der Waals surface area contributed by atoms with Gasteiger partial charge in [0.15, 0.2) is 0 Å². The zero-order valence-corrected chi connectivity index (χ0v) is 18.5. The Morgan fingerprint density at radius 2 is 1.59 bits per heavy atom. The fraction of sp³-hybridized carbons (Fsp3) is 0.500. The van der Waals surface area contributed by atoms with Crippen LogP contribution in [0, 0.1) is 10.8 Å². The van der Waals surface area contributed by atoms with Gasteiger partial charge in [-0.15, -0.1) is 0 Å². The van der Waals surface area contributed by atoms with E-state index in [9.17, 15) is 4.79 Å². The Morgan fingerprint density at radius 1 is 0.966 bits per heavy atom. The van der Waals surface area contributed by atoms with Gasteiger partial charge >= 0.3 is 6.09 Å². The van der Waals surface area contributed by atoms with E-state index in [1.54, 1.807) is 0 Å². The molecule has 2 aromatic rings. The number of nitrogens with one attached hydrogen (secondary N) is 1. The van der Waals surface area contributed by atoms with Crippen LogP contribution in [-0.4, -0.2) is 12.6 Å². The molecule has 0 spiro atoms. The molecule has 0 radical (unpaired) electrons. The predicted octanol–water partition coefficient (Wildman–Crippen LogP) is 6.71. The number of benzene rings is 2. The first kappa shape index (κ1) is 21.4. The van der Waals surface area contributed by atoms with Crippen molar-refractivity contribution >= 4 is 6.09 Å². The summed E-state index contributed by atoms with van der Waals surface area (Å²) >= 11 is 0. The summed E-state index contributed by atoms with van der Waals surface area (Å²) in [6.07, 6.45) is 4.39. The molecule has 1 saturated carbocycles. The molecule has 1 atom stereocenters. The Hall–Kier alpha value is -2.29. The highest BCUT2D eigenvalue weighted by molar-refractivity contribution is 5.70. The molecule has 1 aliphatic carbocycles. The topological polar surface area (TPSA) is 38.3 Å². The highest BCUT2D eigenvalue weighted by atomic mass is 16.6. The van der Waals surface area contributed by atoms with Gasteiger partial charge in [0.2, 0.25) is 0 Å². The smallest absolute Gasteiger partial charge is 0.410 e. The molecule has 29 heavy (non-hydrogen) atoms. The molecule has 3 rings (SSSR count). The molecule has 1 fully saturated rings. The summed E-state index contributed by atoms with van der Waals surface area (Å²) in [5.41, 5.74) is 2.83.